The molecule has 43 heavy (non-hydrogen) atoms. The molecule has 4 aromatic rings. The van der Waals surface area contributed by atoms with E-state index in [1.165, 1.54) is 6.20 Å². The predicted molar refractivity (Wildman–Crippen MR) is 166 cm³/mol. The molecule has 0 aliphatic carbocycles. The molecule has 0 amide bonds. The first-order valence-corrected chi connectivity index (χ1v) is 16.2. The van der Waals surface area contributed by atoms with Gasteiger partial charge in [-0.05, 0) is 46.2 Å². The second-order valence-corrected chi connectivity index (χ2v) is 12.1. The fourth-order valence-electron chi connectivity index (χ4n) is 4.71. The summed E-state index contributed by atoms with van der Waals surface area (Å²) in [5, 5.41) is 3.62. The van der Waals surface area contributed by atoms with Crippen LogP contribution >= 0.6 is 7.75 Å². The number of benzene rings is 1. The van der Waals surface area contributed by atoms with Crippen molar-refractivity contribution in [3.8, 4) is 5.88 Å². The van der Waals surface area contributed by atoms with Crippen LogP contribution in [0.3, 0.4) is 0 Å². The second-order valence-electron chi connectivity index (χ2n) is 10.4. The van der Waals surface area contributed by atoms with E-state index in [9.17, 15) is 9.36 Å². The minimum Gasteiger partial charge on any atom is -0.462 e. The Labute approximate surface area is 251 Å². The Morgan fingerprint density at radius 1 is 1.09 bits per heavy atom. The van der Waals surface area contributed by atoms with Crippen molar-refractivity contribution in [2.75, 3.05) is 18.9 Å². The molecule has 4 rings (SSSR count). The summed E-state index contributed by atoms with van der Waals surface area (Å²) in [6, 6.07) is 11.4. The number of para-hydroxylation sites is 1. The van der Waals surface area contributed by atoms with Gasteiger partial charge in [0.15, 0.2) is 5.82 Å². The number of nitrogens with zero attached hydrogens (tertiary/aromatic N) is 4. The van der Waals surface area contributed by atoms with Crippen LogP contribution in [-0.2, 0) is 30.0 Å². The average Bonchev–Trinajstić information content (AvgIpc) is 3.36. The van der Waals surface area contributed by atoms with Crippen LogP contribution in [0.25, 0.3) is 21.9 Å². The molecule has 3 aromatic heterocycles. The Kier molecular flexibility index (Phi) is 11.1. The third-order valence-corrected chi connectivity index (χ3v) is 8.28. The maximum atomic E-state index is 14.2. The number of esters is 1. The van der Waals surface area contributed by atoms with Crippen LogP contribution in [0.15, 0.2) is 48.7 Å². The zero-order valence-corrected chi connectivity index (χ0v) is 26.3. The minimum absolute atomic E-state index is 0.0375. The van der Waals surface area contributed by atoms with Gasteiger partial charge in [0.05, 0.1) is 29.8 Å². The number of aromatic nitrogens is 4. The SMILES string of the molecule is CCCC[C@@H](CO[P@](=O)(N[C@@H](C)C(=O)OC(C)C)Oc1ccccn1)n1c(COCC)nc2c(N)nc3ccccc3c21. The molecule has 0 saturated carbocycles. The van der Waals surface area contributed by atoms with E-state index in [1.807, 2.05) is 31.2 Å². The predicted octanol–water partition coefficient (Wildman–Crippen LogP) is 5.96. The monoisotopic (exact) mass is 612 g/mol. The molecule has 1 aromatic carbocycles. The summed E-state index contributed by atoms with van der Waals surface area (Å²) in [4.78, 5) is 26.2. The van der Waals surface area contributed by atoms with Crippen molar-refractivity contribution in [1.29, 1.82) is 0 Å². The molecule has 0 saturated heterocycles. The molecule has 232 valence electrons. The summed E-state index contributed by atoms with van der Waals surface area (Å²) in [7, 11) is -4.15. The van der Waals surface area contributed by atoms with Crippen LogP contribution in [0.1, 0.15) is 65.7 Å². The highest BCUT2D eigenvalue weighted by atomic mass is 31.2. The zero-order valence-electron chi connectivity index (χ0n) is 25.4. The Hall–Kier alpha value is -3.57. The van der Waals surface area contributed by atoms with Gasteiger partial charge in [-0.15, -0.1) is 0 Å². The first-order chi connectivity index (χ1) is 20.7. The van der Waals surface area contributed by atoms with Gasteiger partial charge in [0.1, 0.15) is 24.0 Å². The number of nitrogen functional groups attached to an aromatic ring is 1. The number of unbranched alkanes of at least 4 members (excludes halogenated alkanes) is 1. The number of hydrogen-bond donors (Lipinski definition) is 2. The Morgan fingerprint density at radius 3 is 2.56 bits per heavy atom. The first kappa shape index (κ1) is 32.3. The van der Waals surface area contributed by atoms with Gasteiger partial charge in [-0.3, -0.25) is 9.32 Å². The van der Waals surface area contributed by atoms with Gasteiger partial charge < -0.3 is 24.3 Å². The number of ether oxygens (including phenoxy) is 2. The molecule has 3 N–H and O–H groups in total. The van der Waals surface area contributed by atoms with Crippen LogP contribution in [0.4, 0.5) is 5.82 Å². The number of nitrogens with one attached hydrogen (secondary N) is 1. The molecule has 0 radical (unpaired) electrons. The summed E-state index contributed by atoms with van der Waals surface area (Å²) in [5.74, 6) is 0.459. The molecule has 0 unspecified atom stereocenters. The molecular formula is C30H41N6O6P. The zero-order chi connectivity index (χ0) is 31.0. The van der Waals surface area contributed by atoms with E-state index in [2.05, 4.69) is 26.5 Å². The smallest absolute Gasteiger partial charge is 0.460 e. The van der Waals surface area contributed by atoms with Crippen LogP contribution < -0.4 is 15.3 Å². The summed E-state index contributed by atoms with van der Waals surface area (Å²) in [5.41, 5.74) is 8.48. The summed E-state index contributed by atoms with van der Waals surface area (Å²) in [6.45, 7) is 9.73. The fourth-order valence-corrected chi connectivity index (χ4v) is 6.19. The minimum atomic E-state index is -4.15. The van der Waals surface area contributed by atoms with Gasteiger partial charge in [-0.2, -0.15) is 5.09 Å². The maximum Gasteiger partial charge on any atom is 0.460 e. The Bertz CT molecular complexity index is 1560. The van der Waals surface area contributed by atoms with E-state index in [0.717, 1.165) is 29.3 Å². The lowest BCUT2D eigenvalue weighted by Crippen LogP contribution is -2.36. The topological polar surface area (TPSA) is 153 Å². The number of rotatable bonds is 16. The molecule has 0 fully saturated rings. The van der Waals surface area contributed by atoms with Crippen molar-refractivity contribution in [3.63, 3.8) is 0 Å². The van der Waals surface area contributed by atoms with Crippen LogP contribution in [0, 0.1) is 0 Å². The van der Waals surface area contributed by atoms with E-state index >= 15 is 0 Å². The van der Waals surface area contributed by atoms with E-state index in [1.54, 1.807) is 39.0 Å². The quantitative estimate of drug-likeness (QED) is 0.114. The number of imidazole rings is 1. The highest BCUT2D eigenvalue weighted by Crippen LogP contribution is 2.46. The lowest BCUT2D eigenvalue weighted by atomic mass is 10.1. The first-order valence-electron chi connectivity index (χ1n) is 14.6. The molecule has 0 aliphatic rings. The third-order valence-electron chi connectivity index (χ3n) is 6.66. The standard InChI is InChI=1S/C30H41N6O6P/c1-6-8-13-22(18-40-43(38,42-26-16-11-12-17-32-26)35-21(5)30(37)41-20(3)4)36-25(19-39-7-2)34-27-28(36)23-14-9-10-15-24(23)33-29(27)31/h9-12,14-17,20-22H,6-8,13,18-19H2,1-5H3,(H2,31,33)(H,35,38)/t21-,22-,43+/m0/s1. The molecule has 0 bridgehead atoms. The second kappa shape index (κ2) is 14.7. The van der Waals surface area contributed by atoms with Gasteiger partial charge >= 0.3 is 13.7 Å². The van der Waals surface area contributed by atoms with Gasteiger partial charge in [-0.1, -0.05) is 44.0 Å². The van der Waals surface area contributed by atoms with Crippen molar-refractivity contribution < 1.29 is 27.9 Å². The number of carbonyl (C=O) groups is 1. The molecule has 0 spiro atoms. The Balaban J connectivity index is 1.76. The highest BCUT2D eigenvalue weighted by molar-refractivity contribution is 7.52. The van der Waals surface area contributed by atoms with E-state index in [-0.39, 0.29) is 31.2 Å². The lowest BCUT2D eigenvalue weighted by Gasteiger charge is -2.27. The van der Waals surface area contributed by atoms with Crippen molar-refractivity contribution in [2.45, 2.75) is 78.7 Å². The van der Waals surface area contributed by atoms with Gasteiger partial charge in [-0.25, -0.2) is 19.5 Å². The molecule has 13 heteroatoms. The number of carbonyl (C=O) groups excluding carboxylic acids is 1. The summed E-state index contributed by atoms with van der Waals surface area (Å²) < 4.78 is 39.3. The molecule has 3 atom stereocenters. The van der Waals surface area contributed by atoms with Crippen molar-refractivity contribution in [1.82, 2.24) is 24.6 Å². The highest BCUT2D eigenvalue weighted by Gasteiger charge is 2.35. The lowest BCUT2D eigenvalue weighted by molar-refractivity contribution is -0.149. The van der Waals surface area contributed by atoms with Crippen molar-refractivity contribution in [2.24, 2.45) is 0 Å². The molecule has 0 aliphatic heterocycles. The van der Waals surface area contributed by atoms with Gasteiger partial charge in [0.2, 0.25) is 5.88 Å². The number of anilines is 1. The Morgan fingerprint density at radius 2 is 1.86 bits per heavy atom. The number of pyridine rings is 2. The average molecular weight is 613 g/mol. The van der Waals surface area contributed by atoms with Gasteiger partial charge in [0.25, 0.3) is 0 Å². The molecule has 12 nitrogen and oxygen atoms in total. The van der Waals surface area contributed by atoms with Crippen molar-refractivity contribution in [3.05, 3.63) is 54.5 Å². The van der Waals surface area contributed by atoms with Gasteiger partial charge in [0, 0.05) is 24.3 Å². The third kappa shape index (κ3) is 8.08. The van der Waals surface area contributed by atoms with E-state index in [0.29, 0.717) is 30.2 Å². The number of hydrogen-bond acceptors (Lipinski definition) is 10. The van der Waals surface area contributed by atoms with Crippen molar-refractivity contribution >= 4 is 41.5 Å². The molecule has 3 heterocycles. The molecular weight excluding hydrogens is 571 g/mol. The fraction of sp³-hybridized carbons (Fsp3) is 0.467. The summed E-state index contributed by atoms with van der Waals surface area (Å²) >= 11 is 0. The normalized spacial score (nSPS) is 14.6. The van der Waals surface area contributed by atoms with Crippen LogP contribution in [0.5, 0.6) is 5.88 Å². The van der Waals surface area contributed by atoms with E-state index in [4.69, 9.17) is 29.2 Å². The number of nitrogens with two attached hydrogens (primary N) is 1. The number of fused-ring (bicyclic) bond motifs is 3. The van der Waals surface area contributed by atoms with Crippen LogP contribution in [-0.4, -0.2) is 50.8 Å². The maximum absolute atomic E-state index is 14.2. The largest absolute Gasteiger partial charge is 0.462 e. The van der Waals surface area contributed by atoms with Crippen LogP contribution in [0.2, 0.25) is 0 Å². The van der Waals surface area contributed by atoms with E-state index < -0.39 is 19.8 Å². The summed E-state index contributed by atoms with van der Waals surface area (Å²) in [6.07, 6.45) is 3.62.